The lowest BCUT2D eigenvalue weighted by Crippen LogP contribution is -2.36. The maximum absolute atomic E-state index is 12.9. The van der Waals surface area contributed by atoms with Crippen molar-refractivity contribution in [2.24, 2.45) is 5.11 Å². The molecule has 0 bridgehead atoms. The first-order valence-electron chi connectivity index (χ1n) is 29.4. The van der Waals surface area contributed by atoms with Crippen molar-refractivity contribution in [3.05, 3.63) is 107 Å². The number of anilines is 2. The van der Waals surface area contributed by atoms with E-state index in [-0.39, 0.29) is 58.7 Å². The third kappa shape index (κ3) is 19.0. The Balaban J connectivity index is 0.872. The number of hydrogen-bond donors (Lipinski definition) is 7. The summed E-state index contributed by atoms with van der Waals surface area (Å²) in [7, 11) is -25.9. The molecule has 3 unspecified atom stereocenters. The van der Waals surface area contributed by atoms with E-state index in [0.717, 1.165) is 28.3 Å². The fraction of sp³-hybridized carbons (Fsp3) is 0.545. The van der Waals surface area contributed by atoms with Gasteiger partial charge in [-0.3, -0.25) is 23.0 Å². The van der Waals surface area contributed by atoms with Crippen LogP contribution in [0.5, 0.6) is 0 Å². The number of nitrogens with one attached hydrogen (secondary N) is 1. The number of aliphatic hydroxyl groups excluding tert-OH is 1. The van der Waals surface area contributed by atoms with Crippen LogP contribution in [-0.2, 0) is 76.7 Å². The lowest BCUT2D eigenvalue weighted by Gasteiger charge is -2.25. The van der Waals surface area contributed by atoms with Crippen molar-refractivity contribution in [2.75, 3.05) is 56.6 Å². The van der Waals surface area contributed by atoms with Gasteiger partial charge in [-0.2, -0.15) is 21.6 Å². The van der Waals surface area contributed by atoms with E-state index in [0.29, 0.717) is 89.4 Å². The van der Waals surface area contributed by atoms with Crippen LogP contribution in [0, 0.1) is 0 Å². The molecule has 1 saturated heterocycles. The molecule has 1 fully saturated rings. The van der Waals surface area contributed by atoms with Crippen LogP contribution in [-0.4, -0.2) is 146 Å². The number of carbonyl (C=O) groups is 1. The van der Waals surface area contributed by atoms with Crippen molar-refractivity contribution < 1.29 is 95.9 Å². The van der Waals surface area contributed by atoms with E-state index in [2.05, 4.69) is 52.9 Å². The van der Waals surface area contributed by atoms with Crippen molar-refractivity contribution >= 4 is 83.7 Å². The predicted molar refractivity (Wildman–Crippen MR) is 331 cm³/mol. The lowest BCUT2D eigenvalue weighted by molar-refractivity contribution is -0.438. The Morgan fingerprint density at radius 1 is 0.857 bits per heavy atom. The van der Waals surface area contributed by atoms with Crippen LogP contribution in [0.25, 0.3) is 21.6 Å². The molecular weight excluding hydrogens is 1290 g/mol. The standard InChI is InChI=1S/C55H78N11O20P3S2/c1-6-64-42-26-24-38(90(75,76)77)33-40(42)54(2,3)45(64)21-13-11-14-22-46-55(4,5)41-34-39(91(78,79)80)25-27-43(41)65(46)30-18-12-15-23-47(67)58-28-16-7-9-19-31-81-50-44(84-53(49(50)68)66-37-61-48-51(56)59-36-60-52(48)66)35-83-88(71,72)86-89(73,74)85-87(69,70)82-32-20-10-8-17-29-62-63-57/h11,13-14,21-22,24-27,33-34,36-37,44,49-50,53,68H,6-10,12,15-20,23,28-32,35H2,1-5H3,(H7-,56,58,59,60,67,69,70,71,72,73,74,75,76,77,78,79,80)/t44-,49-,50-,53-/m1/s1. The molecule has 91 heavy (non-hydrogen) atoms. The third-order valence-corrected chi connectivity index (χ3v) is 21.6. The van der Waals surface area contributed by atoms with Crippen molar-refractivity contribution in [1.29, 1.82) is 0 Å². The highest BCUT2D eigenvalue weighted by atomic mass is 32.2. The van der Waals surface area contributed by atoms with Crippen LogP contribution in [0.4, 0.5) is 17.2 Å². The van der Waals surface area contributed by atoms with E-state index < -0.39 is 92.3 Å². The van der Waals surface area contributed by atoms with Crippen molar-refractivity contribution in [3.8, 4) is 0 Å². The quantitative estimate of drug-likeness (QED) is 0.00327. The average molecular weight is 1370 g/mol. The number of nitrogens with two attached hydrogens (primary N) is 1. The van der Waals surface area contributed by atoms with E-state index in [4.69, 9.17) is 25.3 Å². The average Bonchev–Trinajstić information content (AvgIpc) is 1.62. The van der Waals surface area contributed by atoms with E-state index in [1.165, 1.54) is 41.5 Å². The number of phosphoric acid groups is 3. The largest absolute Gasteiger partial charge is 0.744 e. The number of phosphoric ester groups is 2. The van der Waals surface area contributed by atoms with E-state index >= 15 is 0 Å². The zero-order chi connectivity index (χ0) is 66.6. The molecule has 31 nitrogen and oxygen atoms in total. The second kappa shape index (κ2) is 31.1. The van der Waals surface area contributed by atoms with Gasteiger partial charge >= 0.3 is 23.5 Å². The molecule has 500 valence electrons. The Hall–Kier alpha value is -5.63. The number of amides is 1. The molecule has 2 aromatic heterocycles. The number of aromatic nitrogens is 4. The SMILES string of the molecule is CCN1/C(=C/C=C/C=C/C2=[N+](CCCCCC(=O)NCCCCCCO[C@H]3[C@@H](O)[C@H](n4cnc5c(N)ncnc54)O[C@@H]3COP(=O)(O)OP(=O)(O)OP(=O)(O)OCCCCCCN=[N+]=[N-])c3ccc(S(=O)(=O)O)cc3C2(C)C)C(C)(C)c2cc(S(=O)(=O)[O-])ccc21. The van der Waals surface area contributed by atoms with Crippen molar-refractivity contribution in [1.82, 2.24) is 24.8 Å². The van der Waals surface area contributed by atoms with Gasteiger partial charge in [-0.1, -0.05) is 62.9 Å². The monoisotopic (exact) mass is 1370 g/mol. The van der Waals surface area contributed by atoms with Gasteiger partial charge in [0.25, 0.3) is 10.1 Å². The van der Waals surface area contributed by atoms with Gasteiger partial charge in [0, 0.05) is 78.5 Å². The third-order valence-electron chi connectivity index (χ3n) is 15.6. The fourth-order valence-electron chi connectivity index (χ4n) is 11.1. The number of ether oxygens (including phenoxy) is 2. The topological polar surface area (TPSA) is 453 Å². The summed E-state index contributed by atoms with van der Waals surface area (Å²) in [5, 5.41) is 17.9. The molecule has 3 aliphatic rings. The van der Waals surface area contributed by atoms with Crippen LogP contribution in [0.15, 0.2) is 100 Å². The number of fused-ring (bicyclic) bond motifs is 3. The number of likely N-dealkylation sites (N-methyl/N-ethyl adjacent to an activating group) is 1. The van der Waals surface area contributed by atoms with Gasteiger partial charge in [-0.05, 0) is 107 Å². The van der Waals surface area contributed by atoms with E-state index in [1.54, 1.807) is 12.1 Å². The Bertz CT molecular complexity index is 3840. The Morgan fingerprint density at radius 3 is 2.23 bits per heavy atom. The molecule has 5 heterocycles. The first-order chi connectivity index (χ1) is 42.8. The van der Waals surface area contributed by atoms with Gasteiger partial charge in [0.05, 0.1) is 34.7 Å². The first kappa shape index (κ1) is 72.8. The molecule has 3 aliphatic heterocycles. The number of azide groups is 1. The van der Waals surface area contributed by atoms with Crippen LogP contribution < -0.4 is 16.0 Å². The summed E-state index contributed by atoms with van der Waals surface area (Å²) in [5.41, 5.74) is 18.2. The number of allylic oxidation sites excluding steroid dienone is 6. The number of nitrogens with zero attached hydrogens (tertiary/aromatic N) is 9. The summed E-state index contributed by atoms with van der Waals surface area (Å²) in [5.74, 6) is -0.0873. The maximum atomic E-state index is 12.9. The van der Waals surface area contributed by atoms with Crippen LogP contribution >= 0.6 is 23.5 Å². The molecule has 0 radical (unpaired) electrons. The lowest BCUT2D eigenvalue weighted by atomic mass is 9.81. The Morgan fingerprint density at radius 2 is 1.53 bits per heavy atom. The number of hydrogen-bond acceptors (Lipinski definition) is 22. The van der Waals surface area contributed by atoms with Crippen LogP contribution in [0.3, 0.4) is 0 Å². The zero-order valence-electron chi connectivity index (χ0n) is 50.9. The highest BCUT2D eigenvalue weighted by molar-refractivity contribution is 7.86. The van der Waals surface area contributed by atoms with Crippen molar-refractivity contribution in [2.45, 2.75) is 157 Å². The molecule has 0 spiro atoms. The van der Waals surface area contributed by atoms with Gasteiger partial charge in [0.2, 0.25) is 11.6 Å². The summed E-state index contributed by atoms with van der Waals surface area (Å²) in [6.45, 7) is 10.4. The number of carbonyl (C=O) groups excluding carboxylic acids is 1. The predicted octanol–water partition coefficient (Wildman–Crippen LogP) is 8.57. The van der Waals surface area contributed by atoms with E-state index in [9.17, 15) is 64.2 Å². The summed E-state index contributed by atoms with van der Waals surface area (Å²) in [4.78, 5) is 60.0. The highest BCUT2D eigenvalue weighted by Gasteiger charge is 2.49. The van der Waals surface area contributed by atoms with Crippen LogP contribution in [0.2, 0.25) is 0 Å². The molecule has 0 saturated carbocycles. The number of rotatable bonds is 36. The summed E-state index contributed by atoms with van der Waals surface area (Å²) in [6, 6.07) is 8.96. The molecule has 8 N–H and O–H groups in total. The second-order valence-corrected chi connectivity index (χ2v) is 30.2. The molecule has 2 aromatic carbocycles. The zero-order valence-corrected chi connectivity index (χ0v) is 55.2. The Kier molecular flexibility index (Phi) is 24.9. The number of unbranched alkanes of at least 4 members (excludes halogenated alkanes) is 8. The first-order valence-corrected chi connectivity index (χ1v) is 36.7. The van der Waals surface area contributed by atoms with Gasteiger partial charge in [0.15, 0.2) is 23.4 Å². The van der Waals surface area contributed by atoms with Gasteiger partial charge < -0.3 is 49.8 Å². The normalized spacial score (nSPS) is 21.3. The number of aliphatic hydroxyl groups is 1. The minimum absolute atomic E-state index is 0.0339. The second-order valence-electron chi connectivity index (χ2n) is 22.7. The molecule has 0 aliphatic carbocycles. The number of benzene rings is 2. The minimum Gasteiger partial charge on any atom is -0.744 e. The molecule has 36 heteroatoms. The molecule has 4 aromatic rings. The van der Waals surface area contributed by atoms with E-state index in [1.807, 2.05) is 65.0 Å². The molecule has 7 rings (SSSR count). The van der Waals surface area contributed by atoms with Gasteiger partial charge in [0.1, 0.15) is 46.8 Å². The summed E-state index contributed by atoms with van der Waals surface area (Å²) in [6.07, 6.45) is 13.1. The van der Waals surface area contributed by atoms with Crippen molar-refractivity contribution in [3.63, 3.8) is 0 Å². The number of imidazole rings is 1. The molecule has 7 atom stereocenters. The summed E-state index contributed by atoms with van der Waals surface area (Å²) >= 11 is 0. The van der Waals surface area contributed by atoms with Gasteiger partial charge in [-0.25, -0.2) is 37.1 Å². The fourth-order valence-corrected chi connectivity index (χ4v) is 15.7. The highest BCUT2D eigenvalue weighted by Crippen LogP contribution is 2.68. The maximum Gasteiger partial charge on any atom is 0.490 e. The minimum atomic E-state index is -5.81. The van der Waals surface area contributed by atoms with Gasteiger partial charge in [-0.15, -0.1) is 0 Å². The van der Waals surface area contributed by atoms with Crippen LogP contribution in [0.1, 0.15) is 129 Å². The number of nitrogen functional groups attached to an aromatic ring is 1. The Labute approximate surface area is 527 Å². The molecule has 1 amide bonds. The molecular formula is C55H78N11O20P3S2. The summed E-state index contributed by atoms with van der Waals surface area (Å²) < 4.78 is 142. The smallest absolute Gasteiger partial charge is 0.490 e.